The van der Waals surface area contributed by atoms with Gasteiger partial charge in [0.25, 0.3) is 0 Å². The van der Waals surface area contributed by atoms with Gasteiger partial charge in [0.1, 0.15) is 5.75 Å². The predicted molar refractivity (Wildman–Crippen MR) is 58.9 cm³/mol. The lowest BCUT2D eigenvalue weighted by Gasteiger charge is -2.06. The minimum atomic E-state index is 0.798. The number of fused-ring (bicyclic) bond motifs is 1. The first kappa shape index (κ1) is 8.48. The van der Waals surface area contributed by atoms with Crippen molar-refractivity contribution >= 4 is 0 Å². The minimum Gasteiger partial charge on any atom is -0.492 e. The first-order chi connectivity index (χ1) is 7.45. The van der Waals surface area contributed by atoms with E-state index in [9.17, 15) is 0 Å². The molecule has 0 N–H and O–H groups in total. The molecule has 0 amide bonds. The highest BCUT2D eigenvalue weighted by Gasteiger charge is 2.16. The van der Waals surface area contributed by atoms with E-state index in [-0.39, 0.29) is 0 Å². The molecular formula is C13H11NO. The number of aromatic nitrogens is 1. The normalized spacial score (nSPS) is 13.3. The van der Waals surface area contributed by atoms with E-state index in [1.807, 2.05) is 12.3 Å². The van der Waals surface area contributed by atoms with Gasteiger partial charge in [0, 0.05) is 29.9 Å². The van der Waals surface area contributed by atoms with Crippen molar-refractivity contribution in [1.29, 1.82) is 0 Å². The second kappa shape index (κ2) is 3.39. The van der Waals surface area contributed by atoms with E-state index in [4.69, 9.17) is 4.74 Å². The Morgan fingerprint density at radius 2 is 2.13 bits per heavy atom. The quantitative estimate of drug-likeness (QED) is 0.701. The van der Waals surface area contributed by atoms with Gasteiger partial charge in [-0.1, -0.05) is 24.3 Å². The van der Waals surface area contributed by atoms with Gasteiger partial charge < -0.3 is 4.74 Å². The maximum absolute atomic E-state index is 5.66. The van der Waals surface area contributed by atoms with Gasteiger partial charge in [0.15, 0.2) is 0 Å². The van der Waals surface area contributed by atoms with Gasteiger partial charge in [-0.3, -0.25) is 4.98 Å². The van der Waals surface area contributed by atoms with Gasteiger partial charge in [-0.05, 0) is 11.6 Å². The van der Waals surface area contributed by atoms with Crippen LogP contribution in [-0.4, -0.2) is 11.6 Å². The Balaban J connectivity index is 2.17. The van der Waals surface area contributed by atoms with Gasteiger partial charge in [-0.25, -0.2) is 0 Å². The summed E-state index contributed by atoms with van der Waals surface area (Å²) in [5, 5.41) is 0. The SMILES string of the molecule is c1cncc(-c2cccc3c2OCC3)c1. The summed E-state index contributed by atoms with van der Waals surface area (Å²) in [5.74, 6) is 1.03. The largest absolute Gasteiger partial charge is 0.492 e. The number of nitrogens with zero attached hydrogens (tertiary/aromatic N) is 1. The molecule has 1 aromatic heterocycles. The zero-order valence-electron chi connectivity index (χ0n) is 8.31. The molecule has 2 aromatic rings. The third kappa shape index (κ3) is 1.38. The molecule has 2 nitrogen and oxygen atoms in total. The number of benzene rings is 1. The minimum absolute atomic E-state index is 0.798. The maximum Gasteiger partial charge on any atom is 0.130 e. The lowest BCUT2D eigenvalue weighted by atomic mass is 10.0. The van der Waals surface area contributed by atoms with Crippen molar-refractivity contribution in [2.75, 3.05) is 6.61 Å². The molecule has 1 aromatic carbocycles. The van der Waals surface area contributed by atoms with Crippen LogP contribution in [0.1, 0.15) is 5.56 Å². The average Bonchev–Trinajstić information content (AvgIpc) is 2.78. The summed E-state index contributed by atoms with van der Waals surface area (Å²) >= 11 is 0. The number of hydrogen-bond donors (Lipinski definition) is 0. The summed E-state index contributed by atoms with van der Waals surface area (Å²) in [5.41, 5.74) is 3.57. The standard InChI is InChI=1S/C13H11NO/c1-3-10-6-8-15-13(10)12(5-1)11-4-2-7-14-9-11/h1-5,7,9H,6,8H2. The molecule has 0 unspecified atom stereocenters. The molecule has 1 aliphatic rings. The summed E-state index contributed by atoms with van der Waals surface area (Å²) in [6, 6.07) is 10.3. The van der Waals surface area contributed by atoms with Crippen molar-refractivity contribution in [3.8, 4) is 16.9 Å². The first-order valence-corrected chi connectivity index (χ1v) is 5.10. The second-order valence-corrected chi connectivity index (χ2v) is 3.63. The smallest absolute Gasteiger partial charge is 0.130 e. The third-order valence-electron chi connectivity index (χ3n) is 2.69. The van der Waals surface area contributed by atoms with Gasteiger partial charge in [-0.2, -0.15) is 0 Å². The van der Waals surface area contributed by atoms with Crippen molar-refractivity contribution < 1.29 is 4.74 Å². The van der Waals surface area contributed by atoms with E-state index < -0.39 is 0 Å². The van der Waals surface area contributed by atoms with Crippen LogP contribution in [0, 0.1) is 0 Å². The van der Waals surface area contributed by atoms with Crippen LogP contribution >= 0.6 is 0 Å². The number of ether oxygens (including phenoxy) is 1. The highest BCUT2D eigenvalue weighted by Crippen LogP contribution is 2.36. The highest BCUT2D eigenvalue weighted by molar-refractivity contribution is 5.72. The zero-order valence-corrected chi connectivity index (χ0v) is 8.31. The number of para-hydroxylation sites is 1. The van der Waals surface area contributed by atoms with Crippen LogP contribution in [0.3, 0.4) is 0 Å². The van der Waals surface area contributed by atoms with Crippen LogP contribution in [-0.2, 0) is 6.42 Å². The molecule has 0 saturated carbocycles. The van der Waals surface area contributed by atoms with Gasteiger partial charge >= 0.3 is 0 Å². The Bertz CT molecular complexity index is 479. The molecule has 74 valence electrons. The van der Waals surface area contributed by atoms with E-state index in [2.05, 4.69) is 29.2 Å². The van der Waals surface area contributed by atoms with Crippen molar-refractivity contribution in [3.63, 3.8) is 0 Å². The molecule has 0 saturated heterocycles. The molecule has 0 aliphatic carbocycles. The average molecular weight is 197 g/mol. The zero-order chi connectivity index (χ0) is 10.1. The fraction of sp³-hybridized carbons (Fsp3) is 0.154. The Labute approximate surface area is 88.5 Å². The maximum atomic E-state index is 5.66. The van der Waals surface area contributed by atoms with Crippen molar-refractivity contribution in [1.82, 2.24) is 4.98 Å². The lowest BCUT2D eigenvalue weighted by molar-refractivity contribution is 0.358. The Morgan fingerprint density at radius 1 is 1.13 bits per heavy atom. The molecule has 2 heteroatoms. The molecule has 0 fully saturated rings. The fourth-order valence-corrected chi connectivity index (χ4v) is 1.96. The van der Waals surface area contributed by atoms with Crippen molar-refractivity contribution in [2.24, 2.45) is 0 Å². The van der Waals surface area contributed by atoms with E-state index in [1.165, 1.54) is 5.56 Å². The lowest BCUT2D eigenvalue weighted by Crippen LogP contribution is -1.88. The van der Waals surface area contributed by atoms with Crippen LogP contribution in [0.25, 0.3) is 11.1 Å². The first-order valence-electron chi connectivity index (χ1n) is 5.10. The van der Waals surface area contributed by atoms with E-state index in [1.54, 1.807) is 6.20 Å². The molecule has 15 heavy (non-hydrogen) atoms. The summed E-state index contributed by atoms with van der Waals surface area (Å²) in [6.07, 6.45) is 4.67. The molecular weight excluding hydrogens is 186 g/mol. The van der Waals surface area contributed by atoms with Crippen molar-refractivity contribution in [2.45, 2.75) is 6.42 Å². The second-order valence-electron chi connectivity index (χ2n) is 3.63. The molecule has 0 spiro atoms. The van der Waals surface area contributed by atoms with E-state index in [0.717, 1.165) is 29.9 Å². The molecule has 0 radical (unpaired) electrons. The Morgan fingerprint density at radius 3 is 3.00 bits per heavy atom. The van der Waals surface area contributed by atoms with Gasteiger partial charge in [0.05, 0.1) is 6.61 Å². The molecule has 3 rings (SSSR count). The van der Waals surface area contributed by atoms with Gasteiger partial charge in [-0.15, -0.1) is 0 Å². The molecule has 0 atom stereocenters. The number of rotatable bonds is 1. The predicted octanol–water partition coefficient (Wildman–Crippen LogP) is 2.68. The van der Waals surface area contributed by atoms with Crippen LogP contribution < -0.4 is 4.74 Å². The molecule has 0 bridgehead atoms. The summed E-state index contributed by atoms with van der Waals surface area (Å²) in [6.45, 7) is 0.798. The van der Waals surface area contributed by atoms with Crippen LogP contribution in [0.4, 0.5) is 0 Å². The Hall–Kier alpha value is -1.83. The summed E-state index contributed by atoms with van der Waals surface area (Å²) in [4.78, 5) is 4.13. The van der Waals surface area contributed by atoms with Crippen molar-refractivity contribution in [3.05, 3.63) is 48.3 Å². The van der Waals surface area contributed by atoms with Gasteiger partial charge in [0.2, 0.25) is 0 Å². The van der Waals surface area contributed by atoms with Crippen LogP contribution in [0.2, 0.25) is 0 Å². The summed E-state index contributed by atoms with van der Waals surface area (Å²) < 4.78 is 5.66. The fourth-order valence-electron chi connectivity index (χ4n) is 1.96. The van der Waals surface area contributed by atoms with Crippen LogP contribution in [0.15, 0.2) is 42.7 Å². The molecule has 1 aliphatic heterocycles. The topological polar surface area (TPSA) is 22.1 Å². The third-order valence-corrected chi connectivity index (χ3v) is 2.69. The molecule has 2 heterocycles. The van der Waals surface area contributed by atoms with E-state index >= 15 is 0 Å². The number of pyridine rings is 1. The van der Waals surface area contributed by atoms with Crippen LogP contribution in [0.5, 0.6) is 5.75 Å². The summed E-state index contributed by atoms with van der Waals surface area (Å²) in [7, 11) is 0. The number of hydrogen-bond acceptors (Lipinski definition) is 2. The highest BCUT2D eigenvalue weighted by atomic mass is 16.5. The Kier molecular flexibility index (Phi) is 1.91. The van der Waals surface area contributed by atoms with E-state index in [0.29, 0.717) is 0 Å². The monoisotopic (exact) mass is 197 g/mol.